The number of carboxylic acid groups (broad SMARTS) is 1. The predicted molar refractivity (Wildman–Crippen MR) is 98.5 cm³/mol. The fraction of sp³-hybridized carbons (Fsp3) is 0.350. The quantitative estimate of drug-likeness (QED) is 0.832. The van der Waals surface area contributed by atoms with Crippen molar-refractivity contribution in [3.05, 3.63) is 54.1 Å². The van der Waals surface area contributed by atoms with Crippen LogP contribution < -0.4 is 9.80 Å². The molecule has 7 heteroatoms. The Hall–Kier alpha value is -2.70. The molecule has 1 aliphatic heterocycles. The average molecular weight is 378 g/mol. The van der Waals surface area contributed by atoms with E-state index >= 15 is 0 Å². The van der Waals surface area contributed by atoms with E-state index in [-0.39, 0.29) is 5.92 Å². The number of aliphatic carboxylic acids is 1. The Labute approximate surface area is 155 Å². The van der Waals surface area contributed by atoms with Crippen molar-refractivity contribution >= 4 is 23.0 Å². The SMILES string of the molecule is CN(c1ccc(C(F)(F)F)cc1)c1ccccc1N1CCC(C(=O)O)CC1. The summed E-state index contributed by atoms with van der Waals surface area (Å²) in [5.41, 5.74) is 1.79. The Morgan fingerprint density at radius 2 is 1.67 bits per heavy atom. The van der Waals surface area contributed by atoms with Gasteiger partial charge in [-0.2, -0.15) is 13.2 Å². The predicted octanol–water partition coefficient (Wildman–Crippen LogP) is 4.77. The number of benzene rings is 2. The van der Waals surface area contributed by atoms with E-state index in [1.165, 1.54) is 12.1 Å². The first kappa shape index (κ1) is 19.1. The molecule has 3 rings (SSSR count). The zero-order valence-electron chi connectivity index (χ0n) is 14.9. The molecule has 2 aromatic rings. The monoisotopic (exact) mass is 378 g/mol. The summed E-state index contributed by atoms with van der Waals surface area (Å²) >= 11 is 0. The minimum absolute atomic E-state index is 0.318. The Morgan fingerprint density at radius 3 is 2.22 bits per heavy atom. The van der Waals surface area contributed by atoms with Gasteiger partial charge in [-0.1, -0.05) is 12.1 Å². The number of para-hydroxylation sites is 2. The molecule has 0 unspecified atom stereocenters. The van der Waals surface area contributed by atoms with E-state index < -0.39 is 17.7 Å². The van der Waals surface area contributed by atoms with Crippen LogP contribution in [0, 0.1) is 5.92 Å². The van der Waals surface area contributed by atoms with Crippen molar-refractivity contribution in [2.45, 2.75) is 19.0 Å². The minimum Gasteiger partial charge on any atom is -0.481 e. The third kappa shape index (κ3) is 4.18. The topological polar surface area (TPSA) is 43.8 Å². The van der Waals surface area contributed by atoms with Crippen LogP contribution in [0.3, 0.4) is 0 Å². The zero-order chi connectivity index (χ0) is 19.6. The molecule has 27 heavy (non-hydrogen) atoms. The molecule has 2 aromatic carbocycles. The second kappa shape index (κ2) is 7.50. The second-order valence-corrected chi connectivity index (χ2v) is 6.69. The highest BCUT2D eigenvalue weighted by molar-refractivity contribution is 5.77. The summed E-state index contributed by atoms with van der Waals surface area (Å²) in [6.45, 7) is 1.27. The minimum atomic E-state index is -4.36. The van der Waals surface area contributed by atoms with Crippen LogP contribution in [-0.4, -0.2) is 31.2 Å². The molecule has 144 valence electrons. The molecule has 1 fully saturated rings. The van der Waals surface area contributed by atoms with Crippen LogP contribution in [0.2, 0.25) is 0 Å². The van der Waals surface area contributed by atoms with Gasteiger partial charge in [0.25, 0.3) is 0 Å². The molecule has 0 atom stereocenters. The lowest BCUT2D eigenvalue weighted by Gasteiger charge is -2.35. The molecule has 4 nitrogen and oxygen atoms in total. The van der Waals surface area contributed by atoms with Crippen LogP contribution in [0.5, 0.6) is 0 Å². The molecular formula is C20H21F3N2O2. The largest absolute Gasteiger partial charge is 0.481 e. The number of rotatable bonds is 4. The Morgan fingerprint density at radius 1 is 1.07 bits per heavy atom. The van der Waals surface area contributed by atoms with Crippen molar-refractivity contribution in [1.29, 1.82) is 0 Å². The molecule has 1 N–H and O–H groups in total. The van der Waals surface area contributed by atoms with Crippen molar-refractivity contribution in [2.24, 2.45) is 5.92 Å². The van der Waals surface area contributed by atoms with Crippen LogP contribution in [0.1, 0.15) is 18.4 Å². The summed E-state index contributed by atoms with van der Waals surface area (Å²) in [5.74, 6) is -1.08. The van der Waals surface area contributed by atoms with E-state index in [1.807, 2.05) is 36.2 Å². The Bertz CT molecular complexity index is 798. The number of halogens is 3. The maximum atomic E-state index is 12.8. The number of carboxylic acids is 1. The van der Waals surface area contributed by atoms with Gasteiger partial charge in [-0.05, 0) is 49.2 Å². The number of hydrogen-bond donors (Lipinski definition) is 1. The molecular weight excluding hydrogens is 357 g/mol. The molecule has 0 aliphatic carbocycles. The molecule has 1 heterocycles. The number of alkyl halides is 3. The smallest absolute Gasteiger partial charge is 0.416 e. The van der Waals surface area contributed by atoms with Crippen LogP contribution in [0.15, 0.2) is 48.5 Å². The lowest BCUT2D eigenvalue weighted by Crippen LogP contribution is -2.37. The van der Waals surface area contributed by atoms with E-state index in [0.717, 1.165) is 23.5 Å². The van der Waals surface area contributed by atoms with Gasteiger partial charge in [0.15, 0.2) is 0 Å². The average Bonchev–Trinajstić information content (AvgIpc) is 2.67. The lowest BCUT2D eigenvalue weighted by atomic mass is 9.96. The van der Waals surface area contributed by atoms with Gasteiger partial charge in [-0.25, -0.2) is 0 Å². The van der Waals surface area contributed by atoms with E-state index in [0.29, 0.717) is 31.6 Å². The summed E-state index contributed by atoms with van der Waals surface area (Å²) < 4.78 is 38.3. The van der Waals surface area contributed by atoms with Gasteiger partial charge < -0.3 is 14.9 Å². The van der Waals surface area contributed by atoms with Gasteiger partial charge in [-0.3, -0.25) is 4.79 Å². The van der Waals surface area contributed by atoms with Gasteiger partial charge in [-0.15, -0.1) is 0 Å². The number of hydrogen-bond acceptors (Lipinski definition) is 3. The highest BCUT2D eigenvalue weighted by atomic mass is 19.4. The maximum Gasteiger partial charge on any atom is 0.416 e. The molecule has 0 amide bonds. The van der Waals surface area contributed by atoms with Crippen molar-refractivity contribution < 1.29 is 23.1 Å². The van der Waals surface area contributed by atoms with Gasteiger partial charge >= 0.3 is 12.1 Å². The Balaban J connectivity index is 1.82. The molecule has 1 aliphatic rings. The number of carbonyl (C=O) groups is 1. The first-order chi connectivity index (χ1) is 12.8. The summed E-state index contributed by atoms with van der Waals surface area (Å²) in [6.07, 6.45) is -3.20. The molecule has 0 aromatic heterocycles. The highest BCUT2D eigenvalue weighted by Crippen LogP contribution is 2.36. The third-order valence-electron chi connectivity index (χ3n) is 5.01. The zero-order valence-corrected chi connectivity index (χ0v) is 14.9. The van der Waals surface area contributed by atoms with E-state index in [2.05, 4.69) is 4.90 Å². The normalized spacial score (nSPS) is 15.6. The summed E-state index contributed by atoms with van der Waals surface area (Å²) in [7, 11) is 1.81. The van der Waals surface area contributed by atoms with E-state index in [1.54, 1.807) is 0 Å². The molecule has 0 bridgehead atoms. The number of anilines is 3. The third-order valence-corrected chi connectivity index (χ3v) is 5.01. The maximum absolute atomic E-state index is 12.8. The van der Waals surface area contributed by atoms with Gasteiger partial charge in [0, 0.05) is 25.8 Å². The van der Waals surface area contributed by atoms with Gasteiger partial charge in [0.1, 0.15) is 0 Å². The van der Waals surface area contributed by atoms with Crippen LogP contribution in [0.25, 0.3) is 0 Å². The number of nitrogens with zero attached hydrogens (tertiary/aromatic N) is 2. The molecule has 1 saturated heterocycles. The van der Waals surface area contributed by atoms with Crippen molar-refractivity contribution in [1.82, 2.24) is 0 Å². The van der Waals surface area contributed by atoms with Crippen LogP contribution in [0.4, 0.5) is 30.2 Å². The van der Waals surface area contributed by atoms with Crippen molar-refractivity contribution in [2.75, 3.05) is 29.9 Å². The summed E-state index contributed by atoms with van der Waals surface area (Å²) in [5, 5.41) is 9.16. The highest BCUT2D eigenvalue weighted by Gasteiger charge is 2.30. The van der Waals surface area contributed by atoms with Gasteiger partial charge in [0.2, 0.25) is 0 Å². The van der Waals surface area contributed by atoms with Crippen LogP contribution in [-0.2, 0) is 11.0 Å². The standard InChI is InChI=1S/C20H21F3N2O2/c1-24(16-8-6-15(7-9-16)20(21,22)23)17-4-2-3-5-18(17)25-12-10-14(11-13-25)19(26)27/h2-9,14H,10-13H2,1H3,(H,26,27). The first-order valence-electron chi connectivity index (χ1n) is 8.75. The summed E-state index contributed by atoms with van der Waals surface area (Å²) in [6, 6.07) is 12.7. The number of piperidine rings is 1. The van der Waals surface area contributed by atoms with Crippen LogP contribution >= 0.6 is 0 Å². The fourth-order valence-electron chi connectivity index (χ4n) is 3.40. The fourth-order valence-corrected chi connectivity index (χ4v) is 3.40. The Kier molecular flexibility index (Phi) is 5.30. The van der Waals surface area contributed by atoms with E-state index in [4.69, 9.17) is 5.11 Å². The molecule has 0 radical (unpaired) electrons. The summed E-state index contributed by atoms with van der Waals surface area (Å²) in [4.78, 5) is 15.1. The van der Waals surface area contributed by atoms with Crippen molar-refractivity contribution in [3.63, 3.8) is 0 Å². The first-order valence-corrected chi connectivity index (χ1v) is 8.75. The second-order valence-electron chi connectivity index (χ2n) is 6.69. The van der Waals surface area contributed by atoms with E-state index in [9.17, 15) is 18.0 Å². The lowest BCUT2D eigenvalue weighted by molar-refractivity contribution is -0.142. The molecule has 0 saturated carbocycles. The van der Waals surface area contributed by atoms with Crippen molar-refractivity contribution in [3.8, 4) is 0 Å². The molecule has 0 spiro atoms. The van der Waals surface area contributed by atoms with Gasteiger partial charge in [0.05, 0.1) is 22.9 Å².